The van der Waals surface area contributed by atoms with Gasteiger partial charge < -0.3 is 5.11 Å². The predicted octanol–water partition coefficient (Wildman–Crippen LogP) is 2.78. The van der Waals surface area contributed by atoms with Gasteiger partial charge in [0.15, 0.2) is 0 Å². The molecule has 0 aliphatic rings. The molecule has 2 aromatic carbocycles. The van der Waals surface area contributed by atoms with E-state index in [1.54, 1.807) is 0 Å². The molecule has 0 aliphatic heterocycles. The molecule has 2 rings (SSSR count). The number of aromatic hydroxyl groups is 1. The molecule has 0 saturated carbocycles. The van der Waals surface area contributed by atoms with Crippen LogP contribution in [-0.2, 0) is 10.0 Å². The molecule has 20 heavy (non-hydrogen) atoms. The second-order valence-electron chi connectivity index (χ2n) is 4.18. The summed E-state index contributed by atoms with van der Waals surface area (Å²) in [6.07, 6.45) is 0. The van der Waals surface area contributed by atoms with Crippen LogP contribution in [0.1, 0.15) is 5.56 Å². The van der Waals surface area contributed by atoms with Gasteiger partial charge in [-0.15, -0.1) is 0 Å². The summed E-state index contributed by atoms with van der Waals surface area (Å²) in [4.78, 5) is -0.123. The third kappa shape index (κ3) is 2.88. The van der Waals surface area contributed by atoms with E-state index in [-0.39, 0.29) is 16.1 Å². The van der Waals surface area contributed by atoms with Crippen LogP contribution in [0.3, 0.4) is 0 Å². The third-order valence-electron chi connectivity index (χ3n) is 2.63. The molecular formula is C13H11F2NO3S. The van der Waals surface area contributed by atoms with Crippen LogP contribution in [-0.4, -0.2) is 13.5 Å². The number of nitrogens with one attached hydrogen (secondary N) is 1. The zero-order valence-corrected chi connectivity index (χ0v) is 11.2. The number of sulfonamides is 1. The Morgan fingerprint density at radius 2 is 1.65 bits per heavy atom. The van der Waals surface area contributed by atoms with E-state index in [4.69, 9.17) is 0 Å². The standard InChI is InChI=1S/C13H11F2NO3S/c1-8-6-9(14)3-5-13(8)20(18,19)16-11-4-2-10(15)7-12(11)17/h2-7,16-17H,1H3. The Morgan fingerprint density at radius 1 is 1.05 bits per heavy atom. The van der Waals surface area contributed by atoms with Gasteiger partial charge in [0.25, 0.3) is 10.0 Å². The molecule has 0 aromatic heterocycles. The van der Waals surface area contributed by atoms with E-state index in [1.165, 1.54) is 6.92 Å². The van der Waals surface area contributed by atoms with E-state index >= 15 is 0 Å². The van der Waals surface area contributed by atoms with Crippen LogP contribution in [0.5, 0.6) is 5.75 Å². The van der Waals surface area contributed by atoms with Crippen LogP contribution in [0.25, 0.3) is 0 Å². The van der Waals surface area contributed by atoms with Crippen LogP contribution in [0.4, 0.5) is 14.5 Å². The first kappa shape index (κ1) is 14.3. The summed E-state index contributed by atoms with van der Waals surface area (Å²) in [7, 11) is -4.00. The molecule has 0 radical (unpaired) electrons. The topological polar surface area (TPSA) is 66.4 Å². The molecule has 0 amide bonds. The minimum Gasteiger partial charge on any atom is -0.506 e. The summed E-state index contributed by atoms with van der Waals surface area (Å²) in [5.41, 5.74) is 0.0641. The van der Waals surface area contributed by atoms with E-state index in [1.807, 2.05) is 0 Å². The SMILES string of the molecule is Cc1cc(F)ccc1S(=O)(=O)Nc1ccc(F)cc1O. The van der Waals surface area contributed by atoms with Gasteiger partial charge in [-0.2, -0.15) is 0 Å². The van der Waals surface area contributed by atoms with Gasteiger partial charge >= 0.3 is 0 Å². The normalized spacial score (nSPS) is 11.3. The molecule has 0 bridgehead atoms. The van der Waals surface area contributed by atoms with Crippen molar-refractivity contribution in [3.05, 3.63) is 53.6 Å². The maximum absolute atomic E-state index is 13.0. The first-order valence-corrected chi connectivity index (χ1v) is 7.05. The molecule has 0 heterocycles. The summed E-state index contributed by atoms with van der Waals surface area (Å²) in [6.45, 7) is 1.45. The van der Waals surface area contributed by atoms with Gasteiger partial charge in [-0.1, -0.05) is 0 Å². The second-order valence-corrected chi connectivity index (χ2v) is 5.83. The van der Waals surface area contributed by atoms with Gasteiger partial charge in [-0.05, 0) is 42.8 Å². The first-order valence-electron chi connectivity index (χ1n) is 5.57. The monoisotopic (exact) mass is 299 g/mol. The lowest BCUT2D eigenvalue weighted by Gasteiger charge is -2.11. The van der Waals surface area contributed by atoms with Crippen molar-refractivity contribution in [3.8, 4) is 5.75 Å². The number of phenols is 1. The summed E-state index contributed by atoms with van der Waals surface area (Å²) in [5.74, 6) is -1.78. The van der Waals surface area contributed by atoms with E-state index in [9.17, 15) is 22.3 Å². The van der Waals surface area contributed by atoms with Crippen LogP contribution in [0.2, 0.25) is 0 Å². The fraction of sp³-hybridized carbons (Fsp3) is 0.0769. The molecule has 2 N–H and O–H groups in total. The summed E-state index contributed by atoms with van der Waals surface area (Å²) >= 11 is 0. The molecular weight excluding hydrogens is 288 g/mol. The van der Waals surface area contributed by atoms with Crippen molar-refractivity contribution in [2.24, 2.45) is 0 Å². The molecule has 7 heteroatoms. The smallest absolute Gasteiger partial charge is 0.262 e. The maximum Gasteiger partial charge on any atom is 0.262 e. The van der Waals surface area contributed by atoms with Gasteiger partial charge in [0.2, 0.25) is 0 Å². The zero-order chi connectivity index (χ0) is 14.9. The summed E-state index contributed by atoms with van der Waals surface area (Å²) in [5, 5.41) is 9.49. The van der Waals surface area contributed by atoms with Gasteiger partial charge in [0.1, 0.15) is 17.4 Å². The molecule has 106 valence electrons. The average Bonchev–Trinajstić information content (AvgIpc) is 2.32. The van der Waals surface area contributed by atoms with Crippen molar-refractivity contribution in [1.82, 2.24) is 0 Å². The fourth-order valence-electron chi connectivity index (χ4n) is 1.71. The van der Waals surface area contributed by atoms with Crippen LogP contribution >= 0.6 is 0 Å². The Labute approximate surface area is 114 Å². The van der Waals surface area contributed by atoms with E-state index in [0.717, 1.165) is 36.4 Å². The molecule has 0 aliphatic carbocycles. The van der Waals surface area contributed by atoms with Crippen molar-refractivity contribution in [2.45, 2.75) is 11.8 Å². The molecule has 0 atom stereocenters. The van der Waals surface area contributed by atoms with Crippen molar-refractivity contribution in [3.63, 3.8) is 0 Å². The summed E-state index contributed by atoms with van der Waals surface area (Å²) in [6, 6.07) is 6.12. The maximum atomic E-state index is 13.0. The Kier molecular flexibility index (Phi) is 3.63. The number of hydrogen-bond donors (Lipinski definition) is 2. The molecule has 4 nitrogen and oxygen atoms in total. The van der Waals surface area contributed by atoms with Crippen LogP contribution in [0, 0.1) is 18.6 Å². The lowest BCUT2D eigenvalue weighted by atomic mass is 10.2. The number of rotatable bonds is 3. The Balaban J connectivity index is 2.41. The summed E-state index contributed by atoms with van der Waals surface area (Å²) < 4.78 is 52.2. The van der Waals surface area contributed by atoms with Crippen LogP contribution < -0.4 is 4.72 Å². The molecule has 2 aromatic rings. The largest absolute Gasteiger partial charge is 0.506 e. The quantitative estimate of drug-likeness (QED) is 0.856. The van der Waals surface area contributed by atoms with Gasteiger partial charge in [0.05, 0.1) is 10.6 Å². The average molecular weight is 299 g/mol. The third-order valence-corrected chi connectivity index (χ3v) is 4.16. The van der Waals surface area contributed by atoms with Crippen LogP contribution in [0.15, 0.2) is 41.3 Å². The number of phenolic OH excluding ortho intramolecular Hbond substituents is 1. The molecule has 0 saturated heterocycles. The Morgan fingerprint density at radius 3 is 2.25 bits per heavy atom. The highest BCUT2D eigenvalue weighted by Gasteiger charge is 2.19. The highest BCUT2D eigenvalue weighted by Crippen LogP contribution is 2.27. The van der Waals surface area contributed by atoms with Crippen molar-refractivity contribution in [2.75, 3.05) is 4.72 Å². The van der Waals surface area contributed by atoms with Gasteiger partial charge in [0, 0.05) is 6.07 Å². The highest BCUT2D eigenvalue weighted by molar-refractivity contribution is 7.92. The number of anilines is 1. The van der Waals surface area contributed by atoms with Gasteiger partial charge in [-0.3, -0.25) is 4.72 Å². The molecule has 0 spiro atoms. The lowest BCUT2D eigenvalue weighted by Crippen LogP contribution is -2.14. The van der Waals surface area contributed by atoms with Crippen molar-refractivity contribution in [1.29, 1.82) is 0 Å². The minimum atomic E-state index is -4.00. The first-order chi connectivity index (χ1) is 9.29. The Bertz CT molecular complexity index is 760. The van der Waals surface area contributed by atoms with Crippen molar-refractivity contribution < 1.29 is 22.3 Å². The fourth-order valence-corrected chi connectivity index (χ4v) is 3.01. The molecule has 0 unspecified atom stereocenters. The minimum absolute atomic E-state index is 0.123. The van der Waals surface area contributed by atoms with Crippen molar-refractivity contribution >= 4 is 15.7 Å². The van der Waals surface area contributed by atoms with Gasteiger partial charge in [-0.25, -0.2) is 17.2 Å². The number of aryl methyl sites for hydroxylation is 1. The zero-order valence-electron chi connectivity index (χ0n) is 10.4. The number of halogens is 2. The number of hydrogen-bond acceptors (Lipinski definition) is 3. The Hall–Kier alpha value is -2.15. The van der Waals surface area contributed by atoms with E-state index < -0.39 is 27.4 Å². The lowest BCUT2D eigenvalue weighted by molar-refractivity contribution is 0.471. The van der Waals surface area contributed by atoms with E-state index in [2.05, 4.69) is 4.72 Å². The predicted molar refractivity (Wildman–Crippen MR) is 70.0 cm³/mol. The number of benzene rings is 2. The van der Waals surface area contributed by atoms with E-state index in [0.29, 0.717) is 0 Å². The highest BCUT2D eigenvalue weighted by atomic mass is 32.2. The second kappa shape index (κ2) is 5.09. The molecule has 0 fully saturated rings.